The van der Waals surface area contributed by atoms with Gasteiger partial charge in [-0.15, -0.1) is 0 Å². The molecule has 0 unspecified atom stereocenters. The van der Waals surface area contributed by atoms with Crippen LogP contribution in [-0.4, -0.2) is 89.8 Å². The third-order valence-corrected chi connectivity index (χ3v) is 7.19. The van der Waals surface area contributed by atoms with Crippen LogP contribution in [0.25, 0.3) is 0 Å². The number of hydrazone groups is 1. The normalized spacial score (nSPS) is 14.1. The zero-order chi connectivity index (χ0) is 30.9. The lowest BCUT2D eigenvalue weighted by molar-refractivity contribution is -0.133. The monoisotopic (exact) mass is 591 g/mol. The van der Waals surface area contributed by atoms with E-state index >= 15 is 0 Å². The van der Waals surface area contributed by atoms with Crippen LogP contribution in [0.1, 0.15) is 33.9 Å². The van der Waals surface area contributed by atoms with Crippen molar-refractivity contribution in [3.05, 3.63) is 77.4 Å². The molecule has 0 saturated heterocycles. The first kappa shape index (κ1) is 31.2. The summed E-state index contributed by atoms with van der Waals surface area (Å²) in [5.74, 6) is 2.25. The molecule has 0 fully saturated rings. The molecule has 0 saturated carbocycles. The second-order valence-corrected chi connectivity index (χ2v) is 9.63. The standard InChI is InChI=1S/C32H37N3O8/c1-38-16-15-34(32(37)21-7-10-23(39-2)11-8-21)20-31(36)35-27(22-9-14-28(41-4)30(17-22)43-6)19-26(33-35)25-13-12-24(40-3)18-29(25)42-5/h7-14,17-18,27H,15-16,19-20H2,1-6H3/t27-/m1/s1. The summed E-state index contributed by atoms with van der Waals surface area (Å²) in [6.45, 7) is 0.255. The summed E-state index contributed by atoms with van der Waals surface area (Å²) in [6.07, 6.45) is 0.397. The van der Waals surface area contributed by atoms with Crippen molar-refractivity contribution in [3.8, 4) is 28.7 Å². The molecular weight excluding hydrogens is 554 g/mol. The van der Waals surface area contributed by atoms with Gasteiger partial charge in [-0.25, -0.2) is 5.01 Å². The van der Waals surface area contributed by atoms with Gasteiger partial charge >= 0.3 is 0 Å². The Morgan fingerprint density at radius 3 is 2.09 bits per heavy atom. The second-order valence-electron chi connectivity index (χ2n) is 9.63. The van der Waals surface area contributed by atoms with Crippen LogP contribution >= 0.6 is 0 Å². The fourth-order valence-corrected chi connectivity index (χ4v) is 4.87. The minimum absolute atomic E-state index is 0.213. The van der Waals surface area contributed by atoms with Gasteiger partial charge in [0.15, 0.2) is 11.5 Å². The second kappa shape index (κ2) is 14.4. The van der Waals surface area contributed by atoms with Gasteiger partial charge in [0.25, 0.3) is 11.8 Å². The average molecular weight is 592 g/mol. The van der Waals surface area contributed by atoms with Crippen molar-refractivity contribution in [1.29, 1.82) is 0 Å². The Kier molecular flexibility index (Phi) is 10.4. The Bertz CT molecular complexity index is 1460. The lowest BCUT2D eigenvalue weighted by atomic mass is 9.97. The third kappa shape index (κ3) is 7.00. The van der Waals surface area contributed by atoms with E-state index < -0.39 is 6.04 Å². The summed E-state index contributed by atoms with van der Waals surface area (Å²) in [4.78, 5) is 29.0. The van der Waals surface area contributed by atoms with Crippen molar-refractivity contribution in [3.63, 3.8) is 0 Å². The predicted octanol–water partition coefficient (Wildman–Crippen LogP) is 4.20. The lowest BCUT2D eigenvalue weighted by Gasteiger charge is -2.27. The molecule has 1 aliphatic heterocycles. The first-order valence-corrected chi connectivity index (χ1v) is 13.6. The van der Waals surface area contributed by atoms with Gasteiger partial charge in [-0.3, -0.25) is 9.59 Å². The molecule has 11 nitrogen and oxygen atoms in total. The average Bonchev–Trinajstić information content (AvgIpc) is 3.51. The van der Waals surface area contributed by atoms with Crippen molar-refractivity contribution in [2.75, 3.05) is 62.4 Å². The van der Waals surface area contributed by atoms with E-state index in [-0.39, 0.29) is 31.5 Å². The van der Waals surface area contributed by atoms with Crippen LogP contribution < -0.4 is 23.7 Å². The molecule has 0 aliphatic carbocycles. The van der Waals surface area contributed by atoms with Crippen LogP contribution in [0.4, 0.5) is 0 Å². The van der Waals surface area contributed by atoms with E-state index in [4.69, 9.17) is 33.5 Å². The molecule has 0 spiro atoms. The Balaban J connectivity index is 1.70. The highest BCUT2D eigenvalue weighted by Gasteiger charge is 2.36. The minimum atomic E-state index is -0.477. The molecule has 0 bridgehead atoms. The largest absolute Gasteiger partial charge is 0.497 e. The Labute approximate surface area is 251 Å². The Morgan fingerprint density at radius 2 is 1.47 bits per heavy atom. The summed E-state index contributed by atoms with van der Waals surface area (Å²) in [6, 6.07) is 17.2. The van der Waals surface area contributed by atoms with Crippen molar-refractivity contribution >= 4 is 17.5 Å². The molecule has 1 atom stereocenters. The molecule has 4 rings (SSSR count). The summed E-state index contributed by atoms with van der Waals surface area (Å²) < 4.78 is 32.4. The number of ether oxygens (including phenoxy) is 6. The molecule has 228 valence electrons. The molecule has 43 heavy (non-hydrogen) atoms. The smallest absolute Gasteiger partial charge is 0.262 e. The fraction of sp³-hybridized carbons (Fsp3) is 0.344. The number of carbonyl (C=O) groups excluding carboxylic acids is 2. The molecule has 3 aromatic carbocycles. The number of hydrogen-bond donors (Lipinski definition) is 0. The van der Waals surface area contributed by atoms with Crippen molar-refractivity contribution in [2.45, 2.75) is 12.5 Å². The van der Waals surface area contributed by atoms with Gasteiger partial charge in [-0.2, -0.15) is 5.10 Å². The maximum Gasteiger partial charge on any atom is 0.262 e. The predicted molar refractivity (Wildman–Crippen MR) is 161 cm³/mol. The van der Waals surface area contributed by atoms with E-state index in [1.807, 2.05) is 24.3 Å². The van der Waals surface area contributed by atoms with E-state index in [2.05, 4.69) is 0 Å². The van der Waals surface area contributed by atoms with Crippen LogP contribution in [0, 0.1) is 0 Å². The molecule has 0 radical (unpaired) electrons. The number of amides is 2. The van der Waals surface area contributed by atoms with E-state index in [9.17, 15) is 9.59 Å². The number of hydrogen-bond acceptors (Lipinski definition) is 9. The van der Waals surface area contributed by atoms with Crippen LogP contribution in [-0.2, 0) is 9.53 Å². The number of rotatable bonds is 13. The van der Waals surface area contributed by atoms with E-state index in [1.54, 1.807) is 79.1 Å². The Morgan fingerprint density at radius 1 is 0.791 bits per heavy atom. The van der Waals surface area contributed by atoms with Crippen molar-refractivity contribution < 1.29 is 38.0 Å². The van der Waals surface area contributed by atoms with Crippen LogP contribution in [0.3, 0.4) is 0 Å². The molecule has 3 aromatic rings. The molecular formula is C32H37N3O8. The third-order valence-electron chi connectivity index (χ3n) is 7.19. The highest BCUT2D eigenvalue weighted by molar-refractivity contribution is 6.05. The van der Waals surface area contributed by atoms with Gasteiger partial charge in [0.2, 0.25) is 0 Å². The van der Waals surface area contributed by atoms with E-state index in [0.29, 0.717) is 46.4 Å². The van der Waals surface area contributed by atoms with Crippen molar-refractivity contribution in [2.24, 2.45) is 5.10 Å². The minimum Gasteiger partial charge on any atom is -0.497 e. The summed E-state index contributed by atoms with van der Waals surface area (Å²) in [5, 5.41) is 6.22. The van der Waals surface area contributed by atoms with Crippen LogP contribution in [0.15, 0.2) is 65.8 Å². The number of methoxy groups -OCH3 is 6. The van der Waals surface area contributed by atoms with Crippen LogP contribution in [0.2, 0.25) is 0 Å². The van der Waals surface area contributed by atoms with Gasteiger partial charge in [-0.1, -0.05) is 6.07 Å². The zero-order valence-corrected chi connectivity index (χ0v) is 25.3. The molecule has 0 aromatic heterocycles. The number of carbonyl (C=O) groups is 2. The van der Waals surface area contributed by atoms with Gasteiger partial charge < -0.3 is 33.3 Å². The highest BCUT2D eigenvalue weighted by atomic mass is 16.5. The SMILES string of the molecule is COCCN(CC(=O)N1N=C(c2ccc(OC)cc2OC)C[C@@H]1c1ccc(OC)c(OC)c1)C(=O)c1ccc(OC)cc1. The maximum absolute atomic E-state index is 14.0. The fourth-order valence-electron chi connectivity index (χ4n) is 4.87. The van der Waals surface area contributed by atoms with Gasteiger partial charge in [-0.05, 0) is 54.1 Å². The molecule has 1 aliphatic rings. The molecule has 1 heterocycles. The Hall–Kier alpha value is -4.77. The van der Waals surface area contributed by atoms with Gasteiger partial charge in [0.1, 0.15) is 23.8 Å². The summed E-state index contributed by atoms with van der Waals surface area (Å²) in [7, 11) is 9.38. The summed E-state index contributed by atoms with van der Waals surface area (Å²) >= 11 is 0. The highest BCUT2D eigenvalue weighted by Crippen LogP contribution is 2.39. The van der Waals surface area contributed by atoms with Crippen molar-refractivity contribution in [1.82, 2.24) is 9.91 Å². The first-order chi connectivity index (χ1) is 20.9. The van der Waals surface area contributed by atoms with E-state index in [1.165, 1.54) is 9.91 Å². The summed E-state index contributed by atoms with van der Waals surface area (Å²) in [5.41, 5.74) is 2.60. The first-order valence-electron chi connectivity index (χ1n) is 13.6. The van der Waals surface area contributed by atoms with Gasteiger partial charge in [0, 0.05) is 37.3 Å². The molecule has 0 N–H and O–H groups in total. The quantitative estimate of drug-likeness (QED) is 0.291. The van der Waals surface area contributed by atoms with E-state index in [0.717, 1.165) is 11.1 Å². The van der Waals surface area contributed by atoms with Gasteiger partial charge in [0.05, 0.1) is 53.9 Å². The molecule has 2 amide bonds. The zero-order valence-electron chi connectivity index (χ0n) is 25.3. The maximum atomic E-state index is 14.0. The topological polar surface area (TPSA) is 108 Å². The molecule has 11 heteroatoms. The lowest BCUT2D eigenvalue weighted by Crippen LogP contribution is -2.42. The number of nitrogens with zero attached hydrogens (tertiary/aromatic N) is 3. The number of benzene rings is 3. The van der Waals surface area contributed by atoms with Crippen LogP contribution in [0.5, 0.6) is 28.7 Å².